The Kier molecular flexibility index (Phi) is 5.15. The molecule has 10 heteroatoms. The summed E-state index contributed by atoms with van der Waals surface area (Å²) in [6.45, 7) is 2.08. The predicted octanol–water partition coefficient (Wildman–Crippen LogP) is 3.47. The molecule has 1 saturated heterocycles. The van der Waals surface area contributed by atoms with Crippen LogP contribution in [0.3, 0.4) is 0 Å². The number of sulfonamides is 1. The molecule has 30 heavy (non-hydrogen) atoms. The Bertz CT molecular complexity index is 1190. The number of fused-ring (bicyclic) bond motifs is 1. The molecule has 6 nitrogen and oxygen atoms in total. The monoisotopic (exact) mass is 436 g/mol. The first-order chi connectivity index (χ1) is 14.2. The maximum absolute atomic E-state index is 13.6. The van der Waals surface area contributed by atoms with Gasteiger partial charge in [0.25, 0.3) is 0 Å². The highest BCUT2D eigenvalue weighted by Gasteiger charge is 2.39. The second-order valence-corrected chi connectivity index (χ2v) is 9.03. The number of rotatable bonds is 3. The van der Waals surface area contributed by atoms with Gasteiger partial charge in [-0.05, 0) is 36.8 Å². The number of para-hydroxylation sites is 2. The summed E-state index contributed by atoms with van der Waals surface area (Å²) in [5.41, 5.74) is 0.275. The molecule has 4 rings (SSSR count). The zero-order valence-corrected chi connectivity index (χ0v) is 16.9. The molecule has 0 radical (unpaired) electrons. The highest BCUT2D eigenvalue weighted by Crippen LogP contribution is 2.35. The van der Waals surface area contributed by atoms with Crippen LogP contribution < -0.4 is 4.90 Å². The second-order valence-electron chi connectivity index (χ2n) is 7.09. The molecule has 1 aromatic heterocycles. The number of aryl methyl sites for hydroxylation is 1. The summed E-state index contributed by atoms with van der Waals surface area (Å²) < 4.78 is 67.9. The molecule has 3 aromatic rings. The lowest BCUT2D eigenvalue weighted by Crippen LogP contribution is -2.49. The first-order valence-corrected chi connectivity index (χ1v) is 10.8. The Labute approximate surface area is 172 Å². The molecule has 0 N–H and O–H groups in total. The summed E-state index contributed by atoms with van der Waals surface area (Å²) in [4.78, 5) is 9.61. The van der Waals surface area contributed by atoms with E-state index in [4.69, 9.17) is 0 Å². The van der Waals surface area contributed by atoms with Crippen molar-refractivity contribution < 1.29 is 21.6 Å². The van der Waals surface area contributed by atoms with Crippen LogP contribution in [0.4, 0.5) is 19.0 Å². The molecule has 0 bridgehead atoms. The third-order valence-electron chi connectivity index (χ3n) is 4.99. The highest BCUT2D eigenvalue weighted by molar-refractivity contribution is 7.89. The van der Waals surface area contributed by atoms with Crippen LogP contribution in [-0.4, -0.2) is 48.9 Å². The van der Waals surface area contributed by atoms with Crippen LogP contribution in [0.1, 0.15) is 11.3 Å². The molecule has 0 aliphatic carbocycles. The average molecular weight is 436 g/mol. The van der Waals surface area contributed by atoms with E-state index in [1.54, 1.807) is 43.3 Å². The summed E-state index contributed by atoms with van der Waals surface area (Å²) in [7, 11) is -3.71. The number of benzene rings is 2. The maximum atomic E-state index is 13.6. The van der Waals surface area contributed by atoms with Crippen molar-refractivity contribution in [3.8, 4) is 0 Å². The van der Waals surface area contributed by atoms with Gasteiger partial charge < -0.3 is 4.90 Å². The lowest BCUT2D eigenvalue weighted by Gasteiger charge is -2.35. The van der Waals surface area contributed by atoms with Crippen LogP contribution in [0.2, 0.25) is 0 Å². The van der Waals surface area contributed by atoms with Crippen LogP contribution in [0.25, 0.3) is 11.0 Å². The summed E-state index contributed by atoms with van der Waals surface area (Å²) in [6, 6.07) is 12.9. The molecule has 1 fully saturated rings. The molecule has 0 amide bonds. The standard InChI is InChI=1S/C20H19F3N4O2S/c1-14-5-4-6-15(13-14)30(28,29)27-11-9-26(10-12-27)19-18(20(21,22)23)24-16-7-2-3-8-17(16)25-19/h2-8,13H,9-12H2,1H3. The van der Waals surface area contributed by atoms with E-state index in [-0.39, 0.29) is 42.4 Å². The first-order valence-electron chi connectivity index (χ1n) is 9.32. The van der Waals surface area contributed by atoms with Gasteiger partial charge in [-0.15, -0.1) is 0 Å². The van der Waals surface area contributed by atoms with Gasteiger partial charge >= 0.3 is 6.18 Å². The fourth-order valence-electron chi connectivity index (χ4n) is 3.47. The number of halogens is 3. The van der Waals surface area contributed by atoms with Crippen molar-refractivity contribution in [2.45, 2.75) is 18.0 Å². The van der Waals surface area contributed by atoms with Crippen LogP contribution in [-0.2, 0) is 16.2 Å². The van der Waals surface area contributed by atoms with Gasteiger partial charge in [-0.1, -0.05) is 24.3 Å². The number of nitrogens with zero attached hydrogens (tertiary/aromatic N) is 4. The number of alkyl halides is 3. The number of piperazine rings is 1. The van der Waals surface area contributed by atoms with Gasteiger partial charge in [0, 0.05) is 26.2 Å². The summed E-state index contributed by atoms with van der Waals surface area (Å²) in [6.07, 6.45) is -4.67. The number of anilines is 1. The van der Waals surface area contributed by atoms with Crippen LogP contribution >= 0.6 is 0 Å². The molecule has 0 unspecified atom stereocenters. The topological polar surface area (TPSA) is 66.4 Å². The predicted molar refractivity (Wildman–Crippen MR) is 107 cm³/mol. The SMILES string of the molecule is Cc1cccc(S(=O)(=O)N2CCN(c3nc4ccccc4nc3C(F)(F)F)CC2)c1. The fourth-order valence-corrected chi connectivity index (χ4v) is 4.99. The largest absolute Gasteiger partial charge is 0.437 e. The van der Waals surface area contributed by atoms with Gasteiger partial charge in [0.2, 0.25) is 10.0 Å². The highest BCUT2D eigenvalue weighted by atomic mass is 32.2. The Hall–Kier alpha value is -2.72. The zero-order valence-electron chi connectivity index (χ0n) is 16.1. The first kappa shape index (κ1) is 20.5. The van der Waals surface area contributed by atoms with Crippen molar-refractivity contribution in [3.63, 3.8) is 0 Å². The van der Waals surface area contributed by atoms with Gasteiger partial charge in [-0.25, -0.2) is 18.4 Å². The fraction of sp³-hybridized carbons (Fsp3) is 0.300. The minimum atomic E-state index is -4.67. The number of aromatic nitrogens is 2. The molecule has 158 valence electrons. The van der Waals surface area contributed by atoms with Crippen molar-refractivity contribution in [1.82, 2.24) is 14.3 Å². The molecule has 2 heterocycles. The Morgan fingerprint density at radius 2 is 1.53 bits per heavy atom. The lowest BCUT2D eigenvalue weighted by atomic mass is 10.2. The maximum Gasteiger partial charge on any atom is 0.437 e. The van der Waals surface area contributed by atoms with E-state index in [2.05, 4.69) is 9.97 Å². The molecule has 1 aliphatic rings. The van der Waals surface area contributed by atoms with E-state index < -0.39 is 21.9 Å². The Morgan fingerprint density at radius 3 is 2.13 bits per heavy atom. The lowest BCUT2D eigenvalue weighted by molar-refractivity contribution is -0.140. The quantitative estimate of drug-likeness (QED) is 0.629. The van der Waals surface area contributed by atoms with Crippen molar-refractivity contribution in [2.75, 3.05) is 31.1 Å². The average Bonchev–Trinajstić information content (AvgIpc) is 2.72. The van der Waals surface area contributed by atoms with E-state index in [9.17, 15) is 21.6 Å². The van der Waals surface area contributed by atoms with Crippen molar-refractivity contribution in [1.29, 1.82) is 0 Å². The van der Waals surface area contributed by atoms with Gasteiger partial charge in [-0.2, -0.15) is 17.5 Å². The Morgan fingerprint density at radius 1 is 0.900 bits per heavy atom. The molecule has 0 atom stereocenters. The van der Waals surface area contributed by atoms with Gasteiger partial charge in [0.1, 0.15) is 0 Å². The van der Waals surface area contributed by atoms with Crippen LogP contribution in [0.5, 0.6) is 0 Å². The third kappa shape index (κ3) is 3.84. The molecular formula is C20H19F3N4O2S. The molecular weight excluding hydrogens is 417 g/mol. The van der Waals surface area contributed by atoms with Crippen LogP contribution in [0.15, 0.2) is 53.4 Å². The molecule has 2 aromatic carbocycles. The third-order valence-corrected chi connectivity index (χ3v) is 6.88. The van der Waals surface area contributed by atoms with Crippen molar-refractivity contribution in [3.05, 3.63) is 59.8 Å². The molecule has 0 saturated carbocycles. The summed E-state index contributed by atoms with van der Waals surface area (Å²) >= 11 is 0. The second kappa shape index (κ2) is 7.51. The zero-order chi connectivity index (χ0) is 21.5. The molecule has 1 aliphatic heterocycles. The summed E-state index contributed by atoms with van der Waals surface area (Å²) in [5, 5.41) is 0. The van der Waals surface area contributed by atoms with E-state index in [1.165, 1.54) is 21.3 Å². The van der Waals surface area contributed by atoms with Crippen molar-refractivity contribution >= 4 is 26.9 Å². The van der Waals surface area contributed by atoms with Gasteiger partial charge in [0.05, 0.1) is 15.9 Å². The number of hydrogen-bond donors (Lipinski definition) is 0. The van der Waals surface area contributed by atoms with E-state index in [0.29, 0.717) is 5.52 Å². The number of hydrogen-bond acceptors (Lipinski definition) is 5. The van der Waals surface area contributed by atoms with Crippen molar-refractivity contribution in [2.24, 2.45) is 0 Å². The minimum absolute atomic E-state index is 0.0576. The van der Waals surface area contributed by atoms with E-state index >= 15 is 0 Å². The van der Waals surface area contributed by atoms with Gasteiger partial charge in [0.15, 0.2) is 11.5 Å². The van der Waals surface area contributed by atoms with Gasteiger partial charge in [-0.3, -0.25) is 0 Å². The van der Waals surface area contributed by atoms with E-state index in [1.807, 2.05) is 0 Å². The van der Waals surface area contributed by atoms with Crippen LogP contribution in [0, 0.1) is 6.92 Å². The molecule has 0 spiro atoms. The minimum Gasteiger partial charge on any atom is -0.352 e. The normalized spacial score (nSPS) is 16.2. The summed E-state index contributed by atoms with van der Waals surface area (Å²) in [5.74, 6) is -0.270. The smallest absolute Gasteiger partial charge is 0.352 e. The Balaban J connectivity index is 1.62. The van der Waals surface area contributed by atoms with E-state index in [0.717, 1.165) is 5.56 Å².